The molecule has 2 rings (SSSR count). The van der Waals surface area contributed by atoms with Crippen LogP contribution in [0.3, 0.4) is 0 Å². The van der Waals surface area contributed by atoms with Gasteiger partial charge in [-0.15, -0.1) is 0 Å². The molecule has 0 radical (unpaired) electrons. The molecule has 1 unspecified atom stereocenters. The number of benzene rings is 2. The first-order chi connectivity index (χ1) is 11.7. The van der Waals surface area contributed by atoms with Gasteiger partial charge in [0.1, 0.15) is 11.6 Å². The van der Waals surface area contributed by atoms with E-state index in [2.05, 4.69) is 4.74 Å². The average Bonchev–Trinajstić information content (AvgIpc) is 2.54. The highest BCUT2D eigenvalue weighted by Crippen LogP contribution is 2.34. The van der Waals surface area contributed by atoms with Crippen LogP contribution in [0, 0.1) is 11.6 Å². The van der Waals surface area contributed by atoms with Crippen LogP contribution in [-0.4, -0.2) is 21.1 Å². The van der Waals surface area contributed by atoms with Crippen LogP contribution in [0.2, 0.25) is 5.02 Å². The van der Waals surface area contributed by atoms with Crippen molar-refractivity contribution in [1.82, 2.24) is 0 Å². The third-order valence-corrected chi connectivity index (χ3v) is 5.87. The van der Waals surface area contributed by atoms with Gasteiger partial charge in [-0.05, 0) is 42.5 Å². The normalized spacial score (nSPS) is 12.6. The third-order valence-electron chi connectivity index (χ3n) is 3.45. The average molecular weight is 390 g/mol. The zero-order chi connectivity index (χ0) is 18.6. The van der Waals surface area contributed by atoms with Crippen molar-refractivity contribution in [2.24, 2.45) is 5.73 Å². The van der Waals surface area contributed by atoms with Gasteiger partial charge >= 0.3 is 6.09 Å². The minimum Gasteiger partial charge on any atom is -0.450 e. The Morgan fingerprint density at radius 3 is 2.40 bits per heavy atom. The number of halogens is 3. The standard InChI is InChI=1S/C16H14ClF2NO4S/c17-10-1-4-12(5-2-10)25(22,23)15(7-8-24-16(20)21)13-9-11(18)3-6-14(13)19/h1-6,9,15H,7-8H2,(H2,20,21). The van der Waals surface area contributed by atoms with Gasteiger partial charge in [-0.3, -0.25) is 0 Å². The predicted octanol–water partition coefficient (Wildman–Crippen LogP) is 3.62. The molecule has 25 heavy (non-hydrogen) atoms. The summed E-state index contributed by atoms with van der Waals surface area (Å²) in [6.07, 6.45) is -1.39. The van der Waals surface area contributed by atoms with Crippen molar-refractivity contribution in [2.45, 2.75) is 16.6 Å². The minimum atomic E-state index is -4.11. The summed E-state index contributed by atoms with van der Waals surface area (Å²) in [5.74, 6) is -1.67. The van der Waals surface area contributed by atoms with Crippen LogP contribution >= 0.6 is 11.6 Å². The molecule has 1 atom stereocenters. The Morgan fingerprint density at radius 2 is 1.80 bits per heavy atom. The number of carbonyl (C=O) groups is 1. The van der Waals surface area contributed by atoms with Gasteiger partial charge in [0.05, 0.1) is 16.8 Å². The summed E-state index contributed by atoms with van der Waals surface area (Å²) in [6.45, 7) is -0.372. The molecule has 0 saturated carbocycles. The molecule has 0 aliphatic carbocycles. The topological polar surface area (TPSA) is 86.5 Å². The van der Waals surface area contributed by atoms with E-state index < -0.39 is 32.8 Å². The lowest BCUT2D eigenvalue weighted by molar-refractivity contribution is 0.154. The minimum absolute atomic E-state index is 0.121. The Hall–Kier alpha value is -2.19. The van der Waals surface area contributed by atoms with Gasteiger partial charge in [0.2, 0.25) is 0 Å². The lowest BCUT2D eigenvalue weighted by atomic mass is 10.1. The number of rotatable bonds is 6. The monoisotopic (exact) mass is 389 g/mol. The zero-order valence-electron chi connectivity index (χ0n) is 12.8. The molecule has 0 fully saturated rings. The highest BCUT2D eigenvalue weighted by atomic mass is 35.5. The van der Waals surface area contributed by atoms with E-state index in [0.717, 1.165) is 18.2 Å². The summed E-state index contributed by atoms with van der Waals surface area (Å²) < 4.78 is 58.0. The molecule has 1 amide bonds. The van der Waals surface area contributed by atoms with Gasteiger partial charge < -0.3 is 10.5 Å². The van der Waals surface area contributed by atoms with E-state index >= 15 is 0 Å². The van der Waals surface area contributed by atoms with Crippen molar-refractivity contribution < 1.29 is 26.7 Å². The molecule has 5 nitrogen and oxygen atoms in total. The Morgan fingerprint density at radius 1 is 1.16 bits per heavy atom. The smallest absolute Gasteiger partial charge is 0.404 e. The van der Waals surface area contributed by atoms with Crippen LogP contribution < -0.4 is 5.73 Å². The van der Waals surface area contributed by atoms with Crippen molar-refractivity contribution in [1.29, 1.82) is 0 Å². The van der Waals surface area contributed by atoms with Gasteiger partial charge in [-0.2, -0.15) is 0 Å². The molecule has 0 saturated heterocycles. The van der Waals surface area contributed by atoms with Crippen LogP contribution in [0.1, 0.15) is 17.2 Å². The fourth-order valence-corrected chi connectivity index (χ4v) is 4.19. The van der Waals surface area contributed by atoms with Crippen molar-refractivity contribution in [3.05, 3.63) is 64.7 Å². The van der Waals surface area contributed by atoms with Gasteiger partial charge in [0, 0.05) is 17.0 Å². The van der Waals surface area contributed by atoms with Crippen LogP contribution in [0.15, 0.2) is 47.4 Å². The van der Waals surface area contributed by atoms with Crippen molar-refractivity contribution in [2.75, 3.05) is 6.61 Å². The first kappa shape index (κ1) is 19.1. The lowest BCUT2D eigenvalue weighted by Gasteiger charge is -2.19. The molecule has 0 aliphatic heterocycles. The number of hydrogen-bond acceptors (Lipinski definition) is 4. The van der Waals surface area contributed by atoms with Crippen LogP contribution in [0.25, 0.3) is 0 Å². The van der Waals surface area contributed by atoms with E-state index in [1.54, 1.807) is 0 Å². The number of nitrogens with two attached hydrogens (primary N) is 1. The fraction of sp³-hybridized carbons (Fsp3) is 0.188. The Balaban J connectivity index is 2.47. The summed E-state index contributed by atoms with van der Waals surface area (Å²) in [5.41, 5.74) is 4.49. The van der Waals surface area contributed by atoms with Gasteiger partial charge in [-0.1, -0.05) is 11.6 Å². The second-order valence-corrected chi connectivity index (χ2v) is 7.68. The molecule has 2 aromatic carbocycles. The number of primary amides is 1. The van der Waals surface area contributed by atoms with E-state index in [4.69, 9.17) is 17.3 Å². The largest absolute Gasteiger partial charge is 0.450 e. The van der Waals surface area contributed by atoms with E-state index in [0.29, 0.717) is 5.02 Å². The fourth-order valence-electron chi connectivity index (χ4n) is 2.29. The van der Waals surface area contributed by atoms with Crippen LogP contribution in [0.5, 0.6) is 0 Å². The van der Waals surface area contributed by atoms with E-state index in [-0.39, 0.29) is 23.5 Å². The summed E-state index contributed by atoms with van der Waals surface area (Å²) in [5, 5.41) is -1.15. The quantitative estimate of drug-likeness (QED) is 0.817. The summed E-state index contributed by atoms with van der Waals surface area (Å²) in [4.78, 5) is 10.6. The maximum atomic E-state index is 14.1. The number of sulfone groups is 1. The first-order valence-electron chi connectivity index (χ1n) is 7.08. The highest BCUT2D eigenvalue weighted by Gasteiger charge is 2.31. The third kappa shape index (κ3) is 4.67. The molecule has 0 bridgehead atoms. The Labute approximate surface area is 148 Å². The molecule has 0 aromatic heterocycles. The maximum Gasteiger partial charge on any atom is 0.404 e. The summed E-state index contributed by atoms with van der Waals surface area (Å²) >= 11 is 5.75. The summed E-state index contributed by atoms with van der Waals surface area (Å²) in [6, 6.07) is 7.78. The van der Waals surface area contributed by atoms with Crippen LogP contribution in [-0.2, 0) is 14.6 Å². The second-order valence-electron chi connectivity index (χ2n) is 5.11. The van der Waals surface area contributed by atoms with E-state index in [9.17, 15) is 22.0 Å². The van der Waals surface area contributed by atoms with Crippen LogP contribution in [0.4, 0.5) is 13.6 Å². The van der Waals surface area contributed by atoms with Gasteiger partial charge in [-0.25, -0.2) is 22.0 Å². The SMILES string of the molecule is NC(=O)OCCC(c1cc(F)ccc1F)S(=O)(=O)c1ccc(Cl)cc1. The molecular weight excluding hydrogens is 376 g/mol. The molecule has 0 spiro atoms. The second kappa shape index (κ2) is 7.79. The van der Waals surface area contributed by atoms with E-state index in [1.165, 1.54) is 24.3 Å². The number of carbonyl (C=O) groups excluding carboxylic acids is 1. The molecule has 9 heteroatoms. The summed E-state index contributed by atoms with van der Waals surface area (Å²) in [7, 11) is -4.11. The zero-order valence-corrected chi connectivity index (χ0v) is 14.4. The highest BCUT2D eigenvalue weighted by molar-refractivity contribution is 7.91. The molecular formula is C16H14ClF2NO4S. The Bertz CT molecular complexity index is 872. The molecule has 134 valence electrons. The molecule has 0 heterocycles. The van der Waals surface area contributed by atoms with Crippen molar-refractivity contribution in [3.8, 4) is 0 Å². The number of amides is 1. The molecule has 2 N–H and O–H groups in total. The number of hydrogen-bond donors (Lipinski definition) is 1. The Kier molecular flexibility index (Phi) is 5.97. The van der Waals surface area contributed by atoms with Crippen molar-refractivity contribution in [3.63, 3.8) is 0 Å². The molecule has 2 aromatic rings. The predicted molar refractivity (Wildman–Crippen MR) is 87.9 cm³/mol. The van der Waals surface area contributed by atoms with E-state index in [1.807, 2.05) is 0 Å². The molecule has 0 aliphatic rings. The lowest BCUT2D eigenvalue weighted by Crippen LogP contribution is -2.20. The van der Waals surface area contributed by atoms with Gasteiger partial charge in [0.15, 0.2) is 9.84 Å². The maximum absolute atomic E-state index is 14.1. The first-order valence-corrected chi connectivity index (χ1v) is 9.01. The van der Waals surface area contributed by atoms with Crippen molar-refractivity contribution >= 4 is 27.5 Å². The van der Waals surface area contributed by atoms with Gasteiger partial charge in [0.25, 0.3) is 0 Å². The number of ether oxygens (including phenoxy) is 1.